The van der Waals surface area contributed by atoms with E-state index in [1.165, 1.54) is 19.3 Å². The predicted octanol–water partition coefficient (Wildman–Crippen LogP) is 1.88. The van der Waals surface area contributed by atoms with Crippen LogP contribution in [0.15, 0.2) is 0 Å². The van der Waals surface area contributed by atoms with Crippen LogP contribution in [-0.2, 0) is 4.79 Å². The van der Waals surface area contributed by atoms with Gasteiger partial charge >= 0.3 is 5.97 Å². The van der Waals surface area contributed by atoms with Gasteiger partial charge in [0.2, 0.25) is 0 Å². The van der Waals surface area contributed by atoms with Crippen LogP contribution in [0.4, 0.5) is 0 Å². The van der Waals surface area contributed by atoms with Crippen LogP contribution in [0.5, 0.6) is 0 Å². The van der Waals surface area contributed by atoms with Crippen molar-refractivity contribution >= 4 is 5.97 Å². The molecule has 3 heteroatoms. The van der Waals surface area contributed by atoms with Crippen LogP contribution in [0.3, 0.4) is 0 Å². The maximum absolute atomic E-state index is 10.3. The van der Waals surface area contributed by atoms with Crippen molar-refractivity contribution in [2.24, 2.45) is 5.92 Å². The fourth-order valence-corrected chi connectivity index (χ4v) is 1.22. The number of carboxylic acids is 1. The van der Waals surface area contributed by atoms with Crippen molar-refractivity contribution < 1.29 is 9.90 Å². The molecule has 0 spiro atoms. The first kappa shape index (κ1) is 12.4. The van der Waals surface area contributed by atoms with Gasteiger partial charge in [0.05, 0.1) is 0 Å². The van der Waals surface area contributed by atoms with Crippen molar-refractivity contribution in [1.82, 2.24) is 5.32 Å². The van der Waals surface area contributed by atoms with Crippen LogP contribution in [0.1, 0.15) is 39.5 Å². The lowest BCUT2D eigenvalue weighted by atomic mass is 10.1. The molecule has 1 unspecified atom stereocenters. The lowest BCUT2D eigenvalue weighted by molar-refractivity contribution is -0.137. The second-order valence-electron chi connectivity index (χ2n) is 3.61. The zero-order valence-corrected chi connectivity index (χ0v) is 8.68. The lowest BCUT2D eigenvalue weighted by Gasteiger charge is -2.09. The normalized spacial score (nSPS) is 12.8. The van der Waals surface area contributed by atoms with E-state index in [1.807, 2.05) is 6.92 Å². The zero-order chi connectivity index (χ0) is 10.1. The molecular formula is C10H21NO2. The molecule has 0 fully saturated rings. The Bertz CT molecular complexity index is 137. The Morgan fingerprint density at radius 1 is 1.46 bits per heavy atom. The Morgan fingerprint density at radius 2 is 2.15 bits per heavy atom. The fourth-order valence-electron chi connectivity index (χ4n) is 1.22. The largest absolute Gasteiger partial charge is 0.481 e. The fraction of sp³-hybridized carbons (Fsp3) is 0.900. The number of carbonyl (C=O) groups is 1. The molecule has 0 aromatic heterocycles. The summed E-state index contributed by atoms with van der Waals surface area (Å²) >= 11 is 0. The van der Waals surface area contributed by atoms with Gasteiger partial charge in [-0.05, 0) is 25.4 Å². The van der Waals surface area contributed by atoms with Gasteiger partial charge in [-0.15, -0.1) is 0 Å². The number of hydrogen-bond donors (Lipinski definition) is 2. The van der Waals surface area contributed by atoms with Gasteiger partial charge in [0.15, 0.2) is 0 Å². The third-order valence-electron chi connectivity index (χ3n) is 1.97. The summed E-state index contributed by atoms with van der Waals surface area (Å²) in [7, 11) is 0. The molecule has 0 saturated heterocycles. The van der Waals surface area contributed by atoms with Crippen molar-refractivity contribution in [1.29, 1.82) is 0 Å². The highest BCUT2D eigenvalue weighted by atomic mass is 16.4. The van der Waals surface area contributed by atoms with Crippen LogP contribution in [-0.4, -0.2) is 24.2 Å². The average Bonchev–Trinajstić information content (AvgIpc) is 2.02. The standard InChI is InChI=1S/C10H21NO2/c1-3-4-5-6-11-8-9(2)7-10(12)13/h9,11H,3-8H2,1-2H3,(H,12,13). The molecule has 13 heavy (non-hydrogen) atoms. The number of hydrogen-bond acceptors (Lipinski definition) is 2. The van der Waals surface area contributed by atoms with Gasteiger partial charge in [-0.3, -0.25) is 4.79 Å². The van der Waals surface area contributed by atoms with E-state index in [1.54, 1.807) is 0 Å². The first-order valence-corrected chi connectivity index (χ1v) is 5.09. The number of rotatable bonds is 8. The topological polar surface area (TPSA) is 49.3 Å². The number of carboxylic acid groups (broad SMARTS) is 1. The Kier molecular flexibility index (Phi) is 7.69. The summed E-state index contributed by atoms with van der Waals surface area (Å²) in [6.45, 7) is 5.96. The molecule has 0 rings (SSSR count). The predicted molar refractivity (Wildman–Crippen MR) is 53.8 cm³/mol. The zero-order valence-electron chi connectivity index (χ0n) is 8.68. The van der Waals surface area contributed by atoms with Crippen molar-refractivity contribution in [3.05, 3.63) is 0 Å². The Hall–Kier alpha value is -0.570. The first-order chi connectivity index (χ1) is 6.16. The van der Waals surface area contributed by atoms with Gasteiger partial charge in [0, 0.05) is 6.42 Å². The van der Waals surface area contributed by atoms with Crippen LogP contribution < -0.4 is 5.32 Å². The summed E-state index contributed by atoms with van der Waals surface area (Å²) in [5.74, 6) is -0.470. The smallest absolute Gasteiger partial charge is 0.303 e. The van der Waals surface area contributed by atoms with Gasteiger partial charge < -0.3 is 10.4 Å². The summed E-state index contributed by atoms with van der Waals surface area (Å²) < 4.78 is 0. The highest BCUT2D eigenvalue weighted by Gasteiger charge is 2.05. The van der Waals surface area contributed by atoms with Gasteiger partial charge in [-0.25, -0.2) is 0 Å². The maximum atomic E-state index is 10.3. The minimum absolute atomic E-state index is 0.235. The molecule has 2 N–H and O–H groups in total. The summed E-state index contributed by atoms with van der Waals surface area (Å²) in [5, 5.41) is 11.8. The molecule has 0 aliphatic rings. The van der Waals surface area contributed by atoms with Crippen LogP contribution in [0.25, 0.3) is 0 Å². The van der Waals surface area contributed by atoms with Gasteiger partial charge in [0.1, 0.15) is 0 Å². The number of unbranched alkanes of at least 4 members (excludes halogenated alkanes) is 2. The van der Waals surface area contributed by atoms with E-state index in [0.717, 1.165) is 13.1 Å². The summed E-state index contributed by atoms with van der Waals surface area (Å²) in [6, 6.07) is 0. The molecule has 0 aromatic carbocycles. The Morgan fingerprint density at radius 3 is 2.69 bits per heavy atom. The summed E-state index contributed by atoms with van der Waals surface area (Å²) in [5.41, 5.74) is 0. The van der Waals surface area contributed by atoms with Crippen LogP contribution in [0.2, 0.25) is 0 Å². The van der Waals surface area contributed by atoms with E-state index >= 15 is 0 Å². The number of nitrogens with one attached hydrogen (secondary N) is 1. The molecule has 0 heterocycles. The maximum Gasteiger partial charge on any atom is 0.303 e. The highest BCUT2D eigenvalue weighted by molar-refractivity contribution is 5.66. The lowest BCUT2D eigenvalue weighted by Crippen LogP contribution is -2.23. The van der Waals surface area contributed by atoms with E-state index < -0.39 is 5.97 Å². The second kappa shape index (κ2) is 8.05. The van der Waals surface area contributed by atoms with Crippen LogP contribution >= 0.6 is 0 Å². The molecule has 0 saturated carbocycles. The van der Waals surface area contributed by atoms with Crippen molar-refractivity contribution in [2.75, 3.05) is 13.1 Å². The molecular weight excluding hydrogens is 166 g/mol. The minimum atomic E-state index is -0.706. The van der Waals surface area contributed by atoms with E-state index in [9.17, 15) is 4.79 Å². The van der Waals surface area contributed by atoms with Gasteiger partial charge in [0.25, 0.3) is 0 Å². The highest BCUT2D eigenvalue weighted by Crippen LogP contribution is 1.99. The van der Waals surface area contributed by atoms with Crippen LogP contribution in [0, 0.1) is 5.92 Å². The number of aliphatic carboxylic acids is 1. The molecule has 1 atom stereocenters. The molecule has 0 amide bonds. The third-order valence-corrected chi connectivity index (χ3v) is 1.97. The molecule has 0 aromatic rings. The Balaban J connectivity index is 3.17. The van der Waals surface area contributed by atoms with E-state index in [0.29, 0.717) is 0 Å². The van der Waals surface area contributed by atoms with E-state index in [2.05, 4.69) is 12.2 Å². The van der Waals surface area contributed by atoms with Crippen molar-refractivity contribution in [2.45, 2.75) is 39.5 Å². The molecule has 0 aliphatic carbocycles. The first-order valence-electron chi connectivity index (χ1n) is 5.09. The monoisotopic (exact) mass is 187 g/mol. The van der Waals surface area contributed by atoms with Crippen molar-refractivity contribution in [3.8, 4) is 0 Å². The van der Waals surface area contributed by atoms with Gasteiger partial charge in [-0.2, -0.15) is 0 Å². The summed E-state index contributed by atoms with van der Waals surface area (Å²) in [6.07, 6.45) is 3.93. The molecule has 0 radical (unpaired) electrons. The molecule has 78 valence electrons. The minimum Gasteiger partial charge on any atom is -0.481 e. The molecule has 0 aliphatic heterocycles. The van der Waals surface area contributed by atoms with E-state index in [4.69, 9.17) is 5.11 Å². The quantitative estimate of drug-likeness (QED) is 0.570. The third kappa shape index (κ3) is 9.34. The second-order valence-corrected chi connectivity index (χ2v) is 3.61. The molecule has 3 nitrogen and oxygen atoms in total. The van der Waals surface area contributed by atoms with Gasteiger partial charge in [-0.1, -0.05) is 26.7 Å². The molecule has 0 bridgehead atoms. The van der Waals surface area contributed by atoms with Crippen molar-refractivity contribution in [3.63, 3.8) is 0 Å². The summed E-state index contributed by atoms with van der Waals surface area (Å²) in [4.78, 5) is 10.3. The SMILES string of the molecule is CCCCCNCC(C)CC(=O)O. The Labute approximate surface area is 80.5 Å². The van der Waals surface area contributed by atoms with E-state index in [-0.39, 0.29) is 12.3 Å². The average molecular weight is 187 g/mol.